The summed E-state index contributed by atoms with van der Waals surface area (Å²) < 4.78 is 54.5. The van der Waals surface area contributed by atoms with Crippen molar-refractivity contribution in [3.05, 3.63) is 0 Å². The highest BCUT2D eigenvalue weighted by atomic mass is 28.3. The minimum Gasteiger partial charge on any atom is -0.394 e. The monoisotopic (exact) mass is 502 g/mol. The molecule has 3 heterocycles. The third kappa shape index (κ3) is 7.85. The van der Waals surface area contributed by atoms with Gasteiger partial charge in [-0.15, -0.1) is 0 Å². The van der Waals surface area contributed by atoms with Gasteiger partial charge in [0.25, 0.3) is 0 Å². The van der Waals surface area contributed by atoms with Crippen LogP contribution in [-0.4, -0.2) is 110 Å². The third-order valence-corrected chi connectivity index (χ3v) is 7.63. The standard InChI is InChI=1S/C15H29FO4Si.C6H11FO5/c1-10-12(16)14(17-7-8-21(4,5)6)19-11-9-18-15(2,3)20-13(10)11;7-3-5(10)4(9)2(1-8)12-6(3)11/h10-14H,7-9H2,1-6H3;2-6,8-11H,1H2/t10-,11?,12?,13+,14-;2?,3?,4-,5-,6-/m11/s1. The molecule has 0 spiro atoms. The molecule has 3 aliphatic rings. The smallest absolute Gasteiger partial charge is 0.189 e. The first-order valence-electron chi connectivity index (χ1n) is 11.3. The quantitative estimate of drug-likeness (QED) is 0.406. The Balaban J connectivity index is 0.000000273. The van der Waals surface area contributed by atoms with Gasteiger partial charge in [-0.05, 0) is 19.9 Å². The molecule has 196 valence electrons. The molecule has 0 bridgehead atoms. The van der Waals surface area contributed by atoms with Crippen molar-refractivity contribution in [1.82, 2.24) is 0 Å². The van der Waals surface area contributed by atoms with Crippen molar-refractivity contribution in [3.8, 4) is 0 Å². The number of fused-ring (bicyclic) bond motifs is 1. The van der Waals surface area contributed by atoms with Crippen LogP contribution in [0.5, 0.6) is 0 Å². The third-order valence-electron chi connectivity index (χ3n) is 5.93. The molecule has 0 aromatic heterocycles. The van der Waals surface area contributed by atoms with Crippen LogP contribution in [0.25, 0.3) is 0 Å². The van der Waals surface area contributed by atoms with Gasteiger partial charge in [0.1, 0.15) is 24.4 Å². The molecule has 12 heteroatoms. The van der Waals surface area contributed by atoms with Crippen molar-refractivity contribution in [2.24, 2.45) is 5.92 Å². The van der Waals surface area contributed by atoms with E-state index in [0.717, 1.165) is 6.04 Å². The first-order chi connectivity index (χ1) is 15.2. The van der Waals surface area contributed by atoms with Crippen LogP contribution in [-0.2, 0) is 23.7 Å². The number of hydrogen-bond donors (Lipinski definition) is 4. The molecule has 0 amide bonds. The van der Waals surface area contributed by atoms with Crippen LogP contribution in [0.2, 0.25) is 25.7 Å². The largest absolute Gasteiger partial charge is 0.394 e. The molecular formula is C21H40F2O9Si. The van der Waals surface area contributed by atoms with Gasteiger partial charge in [-0.25, -0.2) is 8.78 Å². The normalized spacial score (nSPS) is 43.3. The van der Waals surface area contributed by atoms with E-state index >= 15 is 0 Å². The topological polar surface area (TPSA) is 127 Å². The number of ether oxygens (including phenoxy) is 5. The van der Waals surface area contributed by atoms with Gasteiger partial charge in [-0.2, -0.15) is 0 Å². The Hall–Kier alpha value is -0.283. The van der Waals surface area contributed by atoms with E-state index in [1.54, 1.807) is 0 Å². The highest BCUT2D eigenvalue weighted by molar-refractivity contribution is 6.76. The molecule has 3 aliphatic heterocycles. The summed E-state index contributed by atoms with van der Waals surface area (Å²) in [5.74, 6) is -0.937. The van der Waals surface area contributed by atoms with Gasteiger partial charge in [0.2, 0.25) is 0 Å². The molecule has 0 saturated carbocycles. The Morgan fingerprint density at radius 2 is 1.67 bits per heavy atom. The van der Waals surface area contributed by atoms with Gasteiger partial charge in [-0.3, -0.25) is 0 Å². The van der Waals surface area contributed by atoms with E-state index in [0.29, 0.717) is 13.2 Å². The van der Waals surface area contributed by atoms with Crippen molar-refractivity contribution < 1.29 is 52.9 Å². The first kappa shape index (κ1) is 29.0. The zero-order valence-corrected chi connectivity index (χ0v) is 21.2. The molecule has 3 saturated heterocycles. The maximum Gasteiger partial charge on any atom is 0.189 e. The van der Waals surface area contributed by atoms with Crippen molar-refractivity contribution in [2.45, 2.75) is 108 Å². The van der Waals surface area contributed by atoms with Crippen LogP contribution in [0.1, 0.15) is 20.8 Å². The number of halogens is 2. The molecule has 0 aromatic carbocycles. The molecule has 10 atom stereocenters. The predicted molar refractivity (Wildman–Crippen MR) is 117 cm³/mol. The van der Waals surface area contributed by atoms with E-state index in [1.807, 2.05) is 20.8 Å². The molecule has 4 unspecified atom stereocenters. The van der Waals surface area contributed by atoms with Crippen molar-refractivity contribution in [1.29, 1.82) is 0 Å². The zero-order chi connectivity index (χ0) is 25.1. The van der Waals surface area contributed by atoms with E-state index in [4.69, 9.17) is 39.4 Å². The molecule has 3 rings (SSSR count). The Kier molecular flexibility index (Phi) is 10.2. The zero-order valence-electron chi connectivity index (χ0n) is 20.2. The SMILES string of the molecule is C[C@@H]1C(F)[C@H](OCC[Si](C)(C)C)OC2COC(C)(C)O[C@H]21.OCC1O[C@@H](O)C(F)[C@@H](O)[C@@H]1O. The minimum atomic E-state index is -2.04. The molecule has 0 aromatic rings. The van der Waals surface area contributed by atoms with E-state index < -0.39 is 63.7 Å². The molecule has 0 aliphatic carbocycles. The van der Waals surface area contributed by atoms with Crippen LogP contribution in [0.3, 0.4) is 0 Å². The molecule has 33 heavy (non-hydrogen) atoms. The number of aliphatic hydroxyl groups is 4. The highest BCUT2D eigenvalue weighted by Gasteiger charge is 2.50. The second kappa shape index (κ2) is 11.6. The molecule has 9 nitrogen and oxygen atoms in total. The fraction of sp³-hybridized carbons (Fsp3) is 1.00. The summed E-state index contributed by atoms with van der Waals surface area (Å²) in [6.07, 6.45) is -10.7. The van der Waals surface area contributed by atoms with Crippen LogP contribution in [0.15, 0.2) is 0 Å². The Labute approximate surface area is 194 Å². The van der Waals surface area contributed by atoms with Gasteiger partial charge in [-0.1, -0.05) is 26.6 Å². The summed E-state index contributed by atoms with van der Waals surface area (Å²) >= 11 is 0. The summed E-state index contributed by atoms with van der Waals surface area (Å²) in [6, 6.07) is 1.00. The summed E-state index contributed by atoms with van der Waals surface area (Å²) in [5, 5.41) is 35.3. The summed E-state index contributed by atoms with van der Waals surface area (Å²) in [5.41, 5.74) is 0. The van der Waals surface area contributed by atoms with E-state index in [9.17, 15) is 8.78 Å². The van der Waals surface area contributed by atoms with Crippen LogP contribution in [0.4, 0.5) is 8.78 Å². The van der Waals surface area contributed by atoms with E-state index in [-0.39, 0.29) is 18.1 Å². The Bertz CT molecular complexity index is 602. The number of rotatable bonds is 5. The second-order valence-corrected chi connectivity index (χ2v) is 16.1. The van der Waals surface area contributed by atoms with Gasteiger partial charge < -0.3 is 44.1 Å². The van der Waals surface area contributed by atoms with Crippen molar-refractivity contribution in [2.75, 3.05) is 19.8 Å². The average Bonchev–Trinajstić information content (AvgIpc) is 2.72. The average molecular weight is 503 g/mol. The lowest BCUT2D eigenvalue weighted by molar-refractivity contribution is -0.368. The van der Waals surface area contributed by atoms with Gasteiger partial charge in [0.15, 0.2) is 30.7 Å². The lowest BCUT2D eigenvalue weighted by Gasteiger charge is -2.48. The molecular weight excluding hydrogens is 462 g/mol. The first-order valence-corrected chi connectivity index (χ1v) is 15.0. The summed E-state index contributed by atoms with van der Waals surface area (Å²) in [4.78, 5) is 0. The fourth-order valence-corrected chi connectivity index (χ4v) is 4.46. The van der Waals surface area contributed by atoms with E-state index in [1.165, 1.54) is 0 Å². The molecule has 4 N–H and O–H groups in total. The Morgan fingerprint density at radius 1 is 1.03 bits per heavy atom. The number of alkyl halides is 2. The van der Waals surface area contributed by atoms with Crippen LogP contribution < -0.4 is 0 Å². The van der Waals surface area contributed by atoms with Crippen LogP contribution >= 0.6 is 0 Å². The number of hydrogen-bond acceptors (Lipinski definition) is 9. The van der Waals surface area contributed by atoms with Crippen LogP contribution in [0, 0.1) is 5.92 Å². The van der Waals surface area contributed by atoms with E-state index in [2.05, 4.69) is 24.4 Å². The fourth-order valence-electron chi connectivity index (χ4n) is 3.73. The van der Waals surface area contributed by atoms with Gasteiger partial charge in [0, 0.05) is 20.6 Å². The van der Waals surface area contributed by atoms with Crippen molar-refractivity contribution >= 4 is 8.07 Å². The maximum atomic E-state index is 14.5. The van der Waals surface area contributed by atoms with Crippen molar-refractivity contribution in [3.63, 3.8) is 0 Å². The Morgan fingerprint density at radius 3 is 2.24 bits per heavy atom. The number of aliphatic hydroxyl groups excluding tert-OH is 4. The summed E-state index contributed by atoms with van der Waals surface area (Å²) in [7, 11) is -1.19. The lowest BCUT2D eigenvalue weighted by atomic mass is 9.90. The molecule has 3 fully saturated rings. The maximum absolute atomic E-state index is 14.5. The minimum absolute atomic E-state index is 0.253. The lowest BCUT2D eigenvalue weighted by Crippen LogP contribution is -2.60. The second-order valence-electron chi connectivity index (χ2n) is 10.5. The predicted octanol–water partition coefficient (Wildman–Crippen LogP) is 0.948. The van der Waals surface area contributed by atoms with Gasteiger partial charge >= 0.3 is 0 Å². The summed E-state index contributed by atoms with van der Waals surface area (Å²) in [6.45, 7) is 12.8. The van der Waals surface area contributed by atoms with Gasteiger partial charge in [0.05, 0.1) is 19.3 Å². The highest BCUT2D eigenvalue weighted by Crippen LogP contribution is 2.37. The molecule has 0 radical (unpaired) electrons.